The molecule has 19 heavy (non-hydrogen) atoms. The third-order valence-electron chi connectivity index (χ3n) is 2.74. The van der Waals surface area contributed by atoms with E-state index in [9.17, 15) is 4.79 Å². The van der Waals surface area contributed by atoms with Gasteiger partial charge in [-0.15, -0.1) is 0 Å². The largest absolute Gasteiger partial charge is 0.467 e. The van der Waals surface area contributed by atoms with Gasteiger partial charge in [0.05, 0.1) is 12.3 Å². The Morgan fingerprint density at radius 3 is 2.89 bits per heavy atom. The zero-order valence-electron chi connectivity index (χ0n) is 10.7. The second-order valence-corrected chi connectivity index (χ2v) is 4.24. The fraction of sp³-hybridized carbons (Fsp3) is 0.214. The number of furan rings is 1. The van der Waals surface area contributed by atoms with E-state index in [0.717, 1.165) is 5.56 Å². The van der Waals surface area contributed by atoms with Gasteiger partial charge in [-0.2, -0.15) is 0 Å². The molecular formula is C14H17N3O2. The zero-order valence-corrected chi connectivity index (χ0v) is 10.7. The molecule has 5 nitrogen and oxygen atoms in total. The lowest BCUT2D eigenvalue weighted by atomic mass is 10.2. The summed E-state index contributed by atoms with van der Waals surface area (Å²) in [6.45, 7) is 2.30. The number of anilines is 1. The average molecular weight is 259 g/mol. The summed E-state index contributed by atoms with van der Waals surface area (Å²) in [7, 11) is 0. The highest BCUT2D eigenvalue weighted by Gasteiger charge is 2.11. The lowest BCUT2D eigenvalue weighted by Crippen LogP contribution is -2.31. The molecule has 0 saturated carbocycles. The van der Waals surface area contributed by atoms with Crippen molar-refractivity contribution in [1.29, 1.82) is 0 Å². The van der Waals surface area contributed by atoms with E-state index >= 15 is 0 Å². The maximum absolute atomic E-state index is 11.8. The van der Waals surface area contributed by atoms with Crippen molar-refractivity contribution < 1.29 is 9.21 Å². The van der Waals surface area contributed by atoms with E-state index in [0.29, 0.717) is 18.0 Å². The van der Waals surface area contributed by atoms with Crippen LogP contribution in [0.25, 0.3) is 0 Å². The number of nitrogens with one attached hydrogen (secondary N) is 2. The minimum absolute atomic E-state index is 0.187. The fourth-order valence-corrected chi connectivity index (χ4v) is 1.75. The monoisotopic (exact) mass is 259 g/mol. The van der Waals surface area contributed by atoms with Crippen molar-refractivity contribution in [3.8, 4) is 0 Å². The van der Waals surface area contributed by atoms with Crippen molar-refractivity contribution in [2.75, 3.05) is 5.32 Å². The Kier molecular flexibility index (Phi) is 4.20. The van der Waals surface area contributed by atoms with Crippen LogP contribution in [-0.2, 0) is 6.54 Å². The number of carbonyl (C=O) groups is 1. The van der Waals surface area contributed by atoms with Crippen molar-refractivity contribution >= 4 is 11.7 Å². The maximum Gasteiger partial charge on any atom is 0.319 e. The van der Waals surface area contributed by atoms with Gasteiger partial charge in [-0.3, -0.25) is 0 Å². The first-order valence-electron chi connectivity index (χ1n) is 6.09. The molecule has 0 spiro atoms. The van der Waals surface area contributed by atoms with Crippen molar-refractivity contribution in [3.05, 3.63) is 54.0 Å². The number of amides is 2. The summed E-state index contributed by atoms with van der Waals surface area (Å²) in [5.41, 5.74) is 7.24. The molecule has 5 heteroatoms. The van der Waals surface area contributed by atoms with Crippen LogP contribution in [0, 0.1) is 0 Å². The van der Waals surface area contributed by atoms with Gasteiger partial charge in [0.2, 0.25) is 0 Å². The molecule has 1 heterocycles. The van der Waals surface area contributed by atoms with Gasteiger partial charge in [0.25, 0.3) is 0 Å². The van der Waals surface area contributed by atoms with Crippen LogP contribution in [0.3, 0.4) is 0 Å². The summed E-state index contributed by atoms with van der Waals surface area (Å²) in [4.78, 5) is 11.8. The van der Waals surface area contributed by atoms with E-state index in [1.165, 1.54) is 0 Å². The van der Waals surface area contributed by atoms with Gasteiger partial charge in [0.1, 0.15) is 5.76 Å². The Balaban J connectivity index is 1.93. The van der Waals surface area contributed by atoms with Crippen LogP contribution in [0.4, 0.5) is 10.5 Å². The number of hydrogen-bond donors (Lipinski definition) is 3. The molecule has 2 rings (SSSR count). The predicted octanol–water partition coefficient (Wildman–Crippen LogP) is 2.62. The van der Waals surface area contributed by atoms with E-state index in [2.05, 4.69) is 10.6 Å². The summed E-state index contributed by atoms with van der Waals surface area (Å²) < 4.78 is 5.22. The highest BCUT2D eigenvalue weighted by Crippen LogP contribution is 2.13. The van der Waals surface area contributed by atoms with Crippen molar-refractivity contribution in [2.45, 2.75) is 19.5 Å². The number of urea groups is 1. The summed E-state index contributed by atoms with van der Waals surface area (Å²) in [5, 5.41) is 5.56. The van der Waals surface area contributed by atoms with Gasteiger partial charge >= 0.3 is 6.03 Å². The molecule has 1 unspecified atom stereocenters. The molecule has 1 aromatic carbocycles. The average Bonchev–Trinajstić information content (AvgIpc) is 2.92. The van der Waals surface area contributed by atoms with Crippen molar-refractivity contribution in [1.82, 2.24) is 5.32 Å². The van der Waals surface area contributed by atoms with E-state index in [4.69, 9.17) is 10.2 Å². The number of nitrogens with two attached hydrogens (primary N) is 1. The van der Waals surface area contributed by atoms with Crippen LogP contribution in [0.15, 0.2) is 47.1 Å². The Labute approximate surface area is 111 Å². The molecule has 4 N–H and O–H groups in total. The van der Waals surface area contributed by atoms with Crippen molar-refractivity contribution in [2.24, 2.45) is 5.73 Å². The predicted molar refractivity (Wildman–Crippen MR) is 73.6 cm³/mol. The standard InChI is InChI=1S/C14H17N3O2/c1-10(13-6-3-7-19-13)16-14(18)17-12-5-2-4-11(8-12)9-15/h2-8,10H,9,15H2,1H3,(H2,16,17,18). The highest BCUT2D eigenvalue weighted by molar-refractivity contribution is 5.89. The van der Waals surface area contributed by atoms with E-state index < -0.39 is 0 Å². The number of benzene rings is 1. The summed E-state index contributed by atoms with van der Waals surface area (Å²) in [6.07, 6.45) is 1.58. The minimum Gasteiger partial charge on any atom is -0.467 e. The van der Waals surface area contributed by atoms with Gasteiger partial charge in [-0.1, -0.05) is 12.1 Å². The van der Waals surface area contributed by atoms with Crippen LogP contribution in [0.1, 0.15) is 24.3 Å². The Morgan fingerprint density at radius 1 is 1.37 bits per heavy atom. The molecule has 0 aliphatic heterocycles. The fourth-order valence-electron chi connectivity index (χ4n) is 1.75. The molecule has 2 amide bonds. The SMILES string of the molecule is CC(NC(=O)Nc1cccc(CN)c1)c1ccco1. The van der Waals surface area contributed by atoms with Gasteiger partial charge in [0.15, 0.2) is 0 Å². The maximum atomic E-state index is 11.8. The van der Waals surface area contributed by atoms with E-state index in [-0.39, 0.29) is 12.1 Å². The Morgan fingerprint density at radius 2 is 2.21 bits per heavy atom. The quantitative estimate of drug-likeness (QED) is 0.789. The van der Waals surface area contributed by atoms with Gasteiger partial charge in [0, 0.05) is 12.2 Å². The van der Waals surface area contributed by atoms with E-state index in [1.54, 1.807) is 12.3 Å². The van der Waals surface area contributed by atoms with Crippen LogP contribution >= 0.6 is 0 Å². The first-order chi connectivity index (χ1) is 9.19. The van der Waals surface area contributed by atoms with E-state index in [1.807, 2.05) is 37.3 Å². The van der Waals surface area contributed by atoms with Crippen molar-refractivity contribution in [3.63, 3.8) is 0 Å². The topological polar surface area (TPSA) is 80.3 Å². The van der Waals surface area contributed by atoms with Crippen LogP contribution < -0.4 is 16.4 Å². The van der Waals surface area contributed by atoms with Gasteiger partial charge < -0.3 is 20.8 Å². The number of rotatable bonds is 4. The lowest BCUT2D eigenvalue weighted by Gasteiger charge is -2.13. The van der Waals surface area contributed by atoms with Gasteiger partial charge in [-0.25, -0.2) is 4.79 Å². The number of hydrogen-bond acceptors (Lipinski definition) is 3. The third-order valence-corrected chi connectivity index (χ3v) is 2.74. The van der Waals surface area contributed by atoms with Crippen LogP contribution in [-0.4, -0.2) is 6.03 Å². The first kappa shape index (κ1) is 13.2. The molecule has 2 aromatic rings. The third kappa shape index (κ3) is 3.59. The second kappa shape index (κ2) is 6.06. The summed E-state index contributed by atoms with van der Waals surface area (Å²) >= 11 is 0. The molecule has 0 bridgehead atoms. The van der Waals surface area contributed by atoms with Crippen LogP contribution in [0.2, 0.25) is 0 Å². The molecule has 1 aromatic heterocycles. The molecule has 0 radical (unpaired) electrons. The Bertz CT molecular complexity index is 537. The first-order valence-corrected chi connectivity index (χ1v) is 6.09. The molecule has 0 aliphatic carbocycles. The molecule has 0 aliphatic rings. The normalized spacial score (nSPS) is 11.9. The molecular weight excluding hydrogens is 242 g/mol. The highest BCUT2D eigenvalue weighted by atomic mass is 16.3. The zero-order chi connectivity index (χ0) is 13.7. The molecule has 100 valence electrons. The number of carbonyl (C=O) groups excluding carboxylic acids is 1. The van der Waals surface area contributed by atoms with Crippen LogP contribution in [0.5, 0.6) is 0 Å². The Hall–Kier alpha value is -2.27. The smallest absolute Gasteiger partial charge is 0.319 e. The minimum atomic E-state index is -0.280. The molecule has 0 saturated heterocycles. The second-order valence-electron chi connectivity index (χ2n) is 4.24. The summed E-state index contributed by atoms with van der Waals surface area (Å²) in [5.74, 6) is 0.714. The molecule has 0 fully saturated rings. The van der Waals surface area contributed by atoms with Gasteiger partial charge in [-0.05, 0) is 36.8 Å². The summed E-state index contributed by atoms with van der Waals surface area (Å²) in [6, 6.07) is 10.6. The lowest BCUT2D eigenvalue weighted by molar-refractivity contribution is 0.247. The molecule has 1 atom stereocenters.